The topological polar surface area (TPSA) is 192 Å². The molecule has 1 saturated heterocycles. The Morgan fingerprint density at radius 1 is 0.639 bits per heavy atom. The standard InChI is InChI=1S/C48H93NO11S/c1-3-5-7-9-11-13-15-17-18-19-20-21-22-23-24-25-26-27-29-31-33-35-37-42(51)41(49-44(52)38-36-34-32-30-28-16-14-12-10-8-6-4-2)40-58-48-46(54)47(60-61(55,56)57)45(53)43(39-50)59-48/h12,14,41-43,45-48,50-51,53-54H,3-11,13,15-40H2,1-2H3,(H,49,52)(H,55,56,57)/b14-12-. The maximum atomic E-state index is 13.0. The molecule has 6 N–H and O–H groups in total. The zero-order valence-corrected chi connectivity index (χ0v) is 39.6. The number of carbonyl (C=O) groups excluding carboxylic acids is 1. The van der Waals surface area contributed by atoms with E-state index in [1.807, 2.05) is 0 Å². The van der Waals surface area contributed by atoms with Gasteiger partial charge in [-0.15, -0.1) is 0 Å². The third-order valence-electron chi connectivity index (χ3n) is 12.1. The SMILES string of the molecule is CCCCC/C=C\CCCCCCCC(=O)NC(COC1OC(CO)C(O)C(OS(=O)(=O)O)C1O)C(O)CCCCCCCCCCCCCCCCCCCCCCCC. The van der Waals surface area contributed by atoms with Gasteiger partial charge in [0.2, 0.25) is 5.91 Å². The number of hydrogen-bond acceptors (Lipinski definition) is 10. The lowest BCUT2D eigenvalue weighted by molar-refractivity contribution is -0.298. The molecule has 1 rings (SSSR count). The van der Waals surface area contributed by atoms with Crippen molar-refractivity contribution in [3.8, 4) is 0 Å². The van der Waals surface area contributed by atoms with Crippen molar-refractivity contribution in [1.29, 1.82) is 0 Å². The van der Waals surface area contributed by atoms with Gasteiger partial charge in [-0.05, 0) is 38.5 Å². The quantitative estimate of drug-likeness (QED) is 0.0194. The smallest absolute Gasteiger partial charge is 0.394 e. The summed E-state index contributed by atoms with van der Waals surface area (Å²) in [7, 11) is -5.08. The summed E-state index contributed by atoms with van der Waals surface area (Å²) >= 11 is 0. The normalized spacial score (nSPS) is 20.7. The minimum atomic E-state index is -5.08. The summed E-state index contributed by atoms with van der Waals surface area (Å²) in [6.45, 7) is 3.43. The number of rotatable bonds is 43. The minimum Gasteiger partial charge on any atom is -0.394 e. The average Bonchev–Trinajstić information content (AvgIpc) is 3.23. The molecule has 12 nitrogen and oxygen atoms in total. The zero-order valence-electron chi connectivity index (χ0n) is 38.7. The van der Waals surface area contributed by atoms with Gasteiger partial charge in [-0.2, -0.15) is 8.42 Å². The largest absolute Gasteiger partial charge is 0.397 e. The molecule has 1 aliphatic rings. The molecule has 7 unspecified atom stereocenters. The van der Waals surface area contributed by atoms with Crippen LogP contribution in [0.1, 0.15) is 232 Å². The van der Waals surface area contributed by atoms with Crippen molar-refractivity contribution in [2.24, 2.45) is 0 Å². The van der Waals surface area contributed by atoms with E-state index >= 15 is 0 Å². The van der Waals surface area contributed by atoms with Gasteiger partial charge in [0.25, 0.3) is 0 Å². The van der Waals surface area contributed by atoms with E-state index < -0.39 is 59.9 Å². The number of hydrogen-bond donors (Lipinski definition) is 6. The highest BCUT2D eigenvalue weighted by Crippen LogP contribution is 2.26. The molecule has 0 bridgehead atoms. The third-order valence-corrected chi connectivity index (χ3v) is 12.5. The van der Waals surface area contributed by atoms with Gasteiger partial charge in [0, 0.05) is 6.42 Å². The van der Waals surface area contributed by atoms with Gasteiger partial charge in [-0.25, -0.2) is 4.18 Å². The van der Waals surface area contributed by atoms with Gasteiger partial charge in [-0.1, -0.05) is 199 Å². The van der Waals surface area contributed by atoms with Crippen LogP contribution >= 0.6 is 0 Å². The summed E-state index contributed by atoms with van der Waals surface area (Å²) < 4.78 is 47.7. The van der Waals surface area contributed by atoms with E-state index in [0.29, 0.717) is 12.8 Å². The second kappa shape index (κ2) is 39.2. The summed E-state index contributed by atoms with van der Waals surface area (Å²) in [5, 5.41) is 44.9. The Hall–Kier alpha value is -1.16. The van der Waals surface area contributed by atoms with Crippen molar-refractivity contribution in [1.82, 2.24) is 5.32 Å². The average molecular weight is 892 g/mol. The number of nitrogens with one attached hydrogen (secondary N) is 1. The van der Waals surface area contributed by atoms with Crippen LogP contribution in [0, 0.1) is 0 Å². The summed E-state index contributed by atoms with van der Waals surface area (Å²) in [6, 6.07) is -0.859. The van der Waals surface area contributed by atoms with Crippen LogP contribution in [0.15, 0.2) is 12.2 Å². The van der Waals surface area contributed by atoms with E-state index in [0.717, 1.165) is 64.2 Å². The Labute approximate surface area is 372 Å². The van der Waals surface area contributed by atoms with Crippen LogP contribution in [0.3, 0.4) is 0 Å². The van der Waals surface area contributed by atoms with Gasteiger partial charge < -0.3 is 35.2 Å². The van der Waals surface area contributed by atoms with Crippen LogP contribution in [0.2, 0.25) is 0 Å². The number of allylic oxidation sites excluding steroid dienone is 2. The molecule has 61 heavy (non-hydrogen) atoms. The maximum Gasteiger partial charge on any atom is 0.397 e. The first-order valence-electron chi connectivity index (χ1n) is 25.1. The van der Waals surface area contributed by atoms with Gasteiger partial charge in [-0.3, -0.25) is 9.35 Å². The molecule has 0 aliphatic carbocycles. The highest BCUT2D eigenvalue weighted by Gasteiger charge is 2.48. The minimum absolute atomic E-state index is 0.238. The first kappa shape index (κ1) is 57.9. The second-order valence-electron chi connectivity index (χ2n) is 17.8. The van der Waals surface area contributed by atoms with Gasteiger partial charge in [0.05, 0.1) is 25.4 Å². The molecule has 0 aromatic carbocycles. The molecule has 0 saturated carbocycles. The van der Waals surface area contributed by atoms with Crippen molar-refractivity contribution in [3.63, 3.8) is 0 Å². The number of aliphatic hydroxyl groups is 4. The molecular formula is C48H93NO11S. The highest BCUT2D eigenvalue weighted by atomic mass is 32.3. The van der Waals surface area contributed by atoms with E-state index in [1.165, 1.54) is 135 Å². The lowest BCUT2D eigenvalue weighted by Gasteiger charge is -2.41. The lowest BCUT2D eigenvalue weighted by Crippen LogP contribution is -2.61. The molecule has 0 aromatic rings. The summed E-state index contributed by atoms with van der Waals surface area (Å²) in [5.41, 5.74) is 0. The van der Waals surface area contributed by atoms with Crippen LogP contribution in [0.5, 0.6) is 0 Å². The molecule has 362 valence electrons. The van der Waals surface area contributed by atoms with Gasteiger partial charge >= 0.3 is 10.4 Å². The van der Waals surface area contributed by atoms with Crippen LogP contribution in [-0.2, 0) is 28.9 Å². The van der Waals surface area contributed by atoms with E-state index in [2.05, 4.69) is 35.5 Å². The maximum absolute atomic E-state index is 13.0. The summed E-state index contributed by atoms with van der Waals surface area (Å²) in [6.07, 6.45) is 35.0. The van der Waals surface area contributed by atoms with Crippen LogP contribution in [0.4, 0.5) is 0 Å². The number of amides is 1. The Morgan fingerprint density at radius 3 is 1.51 bits per heavy atom. The molecular weight excluding hydrogens is 799 g/mol. The third kappa shape index (κ3) is 32.2. The Bertz CT molecular complexity index is 1140. The molecule has 7 atom stereocenters. The first-order chi connectivity index (χ1) is 29.5. The van der Waals surface area contributed by atoms with E-state index in [4.69, 9.17) is 9.47 Å². The van der Waals surface area contributed by atoms with Gasteiger partial charge in [0.15, 0.2) is 6.29 Å². The van der Waals surface area contributed by atoms with Gasteiger partial charge in [0.1, 0.15) is 24.4 Å². The molecule has 0 aromatic heterocycles. The molecule has 0 spiro atoms. The number of unbranched alkanes of at least 4 members (excludes halogenated alkanes) is 29. The molecule has 1 amide bonds. The number of ether oxygens (including phenoxy) is 2. The fourth-order valence-electron chi connectivity index (χ4n) is 8.16. The number of carbonyl (C=O) groups is 1. The second-order valence-corrected chi connectivity index (χ2v) is 18.8. The van der Waals surface area contributed by atoms with E-state index in [-0.39, 0.29) is 18.9 Å². The van der Waals surface area contributed by atoms with Crippen LogP contribution in [0.25, 0.3) is 0 Å². The monoisotopic (exact) mass is 892 g/mol. The van der Waals surface area contributed by atoms with Crippen molar-refractivity contribution in [2.45, 2.75) is 275 Å². The molecule has 1 fully saturated rings. The Kier molecular flexibility index (Phi) is 37.2. The summed E-state index contributed by atoms with van der Waals surface area (Å²) in [4.78, 5) is 13.0. The predicted octanol–water partition coefficient (Wildman–Crippen LogP) is 10.3. The zero-order chi connectivity index (χ0) is 44.8. The first-order valence-corrected chi connectivity index (χ1v) is 26.4. The van der Waals surface area contributed by atoms with Crippen molar-refractivity contribution in [2.75, 3.05) is 13.2 Å². The van der Waals surface area contributed by atoms with E-state index in [1.54, 1.807) is 0 Å². The fourth-order valence-corrected chi connectivity index (χ4v) is 8.67. The Balaban J connectivity index is 2.40. The highest BCUT2D eigenvalue weighted by molar-refractivity contribution is 7.80. The summed E-state index contributed by atoms with van der Waals surface area (Å²) in [5.74, 6) is -0.238. The fraction of sp³-hybridized carbons (Fsp3) is 0.938. The van der Waals surface area contributed by atoms with Crippen LogP contribution in [-0.4, -0.2) is 95.4 Å². The molecule has 0 radical (unpaired) electrons. The van der Waals surface area contributed by atoms with Crippen molar-refractivity contribution in [3.05, 3.63) is 12.2 Å². The van der Waals surface area contributed by atoms with E-state index in [9.17, 15) is 38.2 Å². The Morgan fingerprint density at radius 2 is 1.05 bits per heavy atom. The molecule has 13 heteroatoms. The predicted molar refractivity (Wildman–Crippen MR) is 246 cm³/mol. The van der Waals surface area contributed by atoms with Crippen LogP contribution < -0.4 is 5.32 Å². The molecule has 1 heterocycles. The molecule has 1 aliphatic heterocycles. The number of aliphatic hydroxyl groups excluding tert-OH is 4. The van der Waals surface area contributed by atoms with Crippen molar-refractivity contribution >= 4 is 16.3 Å². The van der Waals surface area contributed by atoms with Crippen molar-refractivity contribution < 1.29 is 51.8 Å². The lowest BCUT2D eigenvalue weighted by atomic mass is 9.99.